The van der Waals surface area contributed by atoms with Crippen LogP contribution in [0.5, 0.6) is 0 Å². The van der Waals surface area contributed by atoms with Gasteiger partial charge in [-0.15, -0.1) is 17.1 Å². The maximum absolute atomic E-state index is 4.94. The second-order valence-corrected chi connectivity index (χ2v) is 26.3. The molecule has 0 aromatic heterocycles. The predicted molar refractivity (Wildman–Crippen MR) is 239 cm³/mol. The van der Waals surface area contributed by atoms with Crippen molar-refractivity contribution in [3.63, 3.8) is 0 Å². The van der Waals surface area contributed by atoms with Gasteiger partial charge >= 0.3 is 0 Å². The Morgan fingerprint density at radius 2 is 0.635 bits per heavy atom. The molecule has 0 spiro atoms. The third-order valence-corrected chi connectivity index (χ3v) is 19.3. The first-order valence-electron chi connectivity index (χ1n) is 19.1. The molecule has 3 aromatic rings. The molecule has 0 saturated carbocycles. The smallest absolute Gasteiger partial charge is 0.0607 e. The van der Waals surface area contributed by atoms with Crippen molar-refractivity contribution < 1.29 is 53.9 Å². The molecule has 1 radical (unpaired) electrons. The van der Waals surface area contributed by atoms with Crippen molar-refractivity contribution >= 4 is 40.8 Å². The standard InChI is InChI=1S/3C13H21NP.C4H8O.Ni.Y/c3*1-11(2)15(12(3)4)10-14-13-8-6-5-7-9-13;1-2-4-5-3-1;;/h3*5-9,11-12H,10H2,1-4H3;1-4H2;;/q3*-1;;;/p+3. The minimum atomic E-state index is -0.343. The van der Waals surface area contributed by atoms with Crippen molar-refractivity contribution in [2.75, 3.05) is 32.1 Å². The van der Waals surface area contributed by atoms with Gasteiger partial charge in [0.1, 0.15) is 0 Å². The topological polar surface area (TPSA) is 51.5 Å². The number of hydrogen-bond acceptors (Lipinski definition) is 1. The van der Waals surface area contributed by atoms with Crippen LogP contribution in [0, 0.1) is 0 Å². The van der Waals surface area contributed by atoms with Crippen molar-refractivity contribution in [2.24, 2.45) is 0 Å². The Kier molecular flexibility index (Phi) is 34.4. The van der Waals surface area contributed by atoms with Crippen LogP contribution in [0.2, 0.25) is 0 Å². The molecule has 0 amide bonds. The van der Waals surface area contributed by atoms with Crippen molar-refractivity contribution in [3.05, 3.63) is 107 Å². The molecule has 4 rings (SSSR count). The van der Waals surface area contributed by atoms with E-state index in [0.717, 1.165) is 83.1 Å². The second-order valence-electron chi connectivity index (χ2n) is 14.9. The average molecular weight is 890 g/mol. The average Bonchev–Trinajstić information content (AvgIpc) is 3.67. The molecule has 1 aliphatic rings. The summed E-state index contributed by atoms with van der Waals surface area (Å²) in [6.45, 7) is 29.9. The van der Waals surface area contributed by atoms with Gasteiger partial charge in [0.25, 0.3) is 0 Å². The van der Waals surface area contributed by atoms with E-state index in [0.29, 0.717) is 0 Å². The molecule has 1 saturated heterocycles. The van der Waals surface area contributed by atoms with Gasteiger partial charge in [0, 0.05) is 62.4 Å². The van der Waals surface area contributed by atoms with E-state index in [1.807, 2.05) is 18.2 Å². The van der Waals surface area contributed by atoms with Crippen LogP contribution in [0.25, 0.3) is 16.0 Å². The van der Waals surface area contributed by atoms with Gasteiger partial charge in [-0.2, -0.15) is 0 Å². The molecular formula is C43H74N3NiOP3Y. The number of nitrogens with zero attached hydrogens (tertiary/aromatic N) is 3. The first-order valence-corrected chi connectivity index (χ1v) is 24.7. The van der Waals surface area contributed by atoms with Crippen LogP contribution in [-0.2, 0) is 53.9 Å². The fraction of sp³-hybridized carbons (Fsp3) is 0.581. The summed E-state index contributed by atoms with van der Waals surface area (Å²) in [5.41, 5.74) is 8.23. The van der Waals surface area contributed by atoms with Crippen LogP contribution in [-0.4, -0.2) is 66.0 Å². The molecule has 4 nitrogen and oxygen atoms in total. The molecule has 0 N–H and O–H groups in total. The maximum atomic E-state index is 4.94. The summed E-state index contributed by atoms with van der Waals surface area (Å²) in [4.78, 5) is 0. The van der Waals surface area contributed by atoms with Gasteiger partial charge < -0.3 is 20.7 Å². The van der Waals surface area contributed by atoms with Crippen LogP contribution in [0.1, 0.15) is 95.9 Å². The van der Waals surface area contributed by atoms with Crippen molar-refractivity contribution in [3.8, 4) is 0 Å². The van der Waals surface area contributed by atoms with Gasteiger partial charge in [0.2, 0.25) is 0 Å². The van der Waals surface area contributed by atoms with Gasteiger partial charge in [0.05, 0.1) is 34.0 Å². The first-order chi connectivity index (χ1) is 23.8. The molecule has 0 aliphatic carbocycles. The zero-order valence-corrected chi connectivity index (χ0v) is 41.5. The van der Waals surface area contributed by atoms with E-state index in [4.69, 9.17) is 20.7 Å². The Morgan fingerprint density at radius 1 is 0.423 bits per heavy atom. The van der Waals surface area contributed by atoms with Crippen molar-refractivity contribution in [2.45, 2.75) is 130 Å². The summed E-state index contributed by atoms with van der Waals surface area (Å²) in [7, 11) is -1.03. The summed E-state index contributed by atoms with van der Waals surface area (Å²) in [6, 6.07) is 30.9. The number of para-hydroxylation sites is 3. The number of benzene rings is 3. The predicted octanol–water partition coefficient (Wildman–Crippen LogP) is 14.8. The third-order valence-electron chi connectivity index (χ3n) is 8.88. The number of rotatable bonds is 15. The van der Waals surface area contributed by atoms with E-state index in [1.54, 1.807) is 0 Å². The van der Waals surface area contributed by atoms with Crippen LogP contribution < -0.4 is 0 Å². The van der Waals surface area contributed by atoms with Gasteiger partial charge in [0.15, 0.2) is 0 Å². The Bertz CT molecular complexity index is 1010. The first kappa shape index (κ1) is 54.0. The fourth-order valence-electron chi connectivity index (χ4n) is 5.75. The van der Waals surface area contributed by atoms with Gasteiger partial charge in [-0.25, -0.2) is 0 Å². The van der Waals surface area contributed by atoms with Gasteiger partial charge in [-0.05, 0) is 139 Å². The molecule has 1 aliphatic heterocycles. The Hall–Kier alpha value is -0.0926. The minimum Gasteiger partial charge on any atom is -0.652 e. The zero-order valence-electron chi connectivity index (χ0n) is 34.7. The molecular weight excluding hydrogens is 815 g/mol. The summed E-state index contributed by atoms with van der Waals surface area (Å²) in [5, 5.41) is 14.1. The Morgan fingerprint density at radius 3 is 0.788 bits per heavy atom. The normalized spacial score (nSPS) is 12.2. The summed E-state index contributed by atoms with van der Waals surface area (Å²) in [5.74, 6) is 0. The van der Waals surface area contributed by atoms with Gasteiger partial charge in [-0.1, -0.05) is 91.0 Å². The minimum absolute atomic E-state index is 0. The van der Waals surface area contributed by atoms with Crippen LogP contribution in [0.3, 0.4) is 0 Å². The molecule has 9 heteroatoms. The molecule has 0 atom stereocenters. The molecule has 52 heavy (non-hydrogen) atoms. The van der Waals surface area contributed by atoms with Crippen LogP contribution >= 0.6 is 23.8 Å². The van der Waals surface area contributed by atoms with E-state index in [9.17, 15) is 0 Å². The zero-order chi connectivity index (χ0) is 37.3. The number of ether oxygens (including phenoxy) is 1. The van der Waals surface area contributed by atoms with E-state index in [2.05, 4.69) is 156 Å². The molecule has 0 bridgehead atoms. The Balaban J connectivity index is 0. The van der Waals surface area contributed by atoms with Crippen molar-refractivity contribution in [1.82, 2.24) is 0 Å². The van der Waals surface area contributed by atoms with Gasteiger partial charge in [-0.3, -0.25) is 0 Å². The summed E-state index contributed by atoms with van der Waals surface area (Å²) in [6.07, 6.45) is 5.69. The van der Waals surface area contributed by atoms with Crippen LogP contribution in [0.15, 0.2) is 91.0 Å². The van der Waals surface area contributed by atoms with E-state index < -0.39 is 0 Å². The summed E-state index contributed by atoms with van der Waals surface area (Å²) >= 11 is 0. The monoisotopic (exact) mass is 888 g/mol. The fourth-order valence-corrected chi connectivity index (χ4v) is 13.0. The molecule has 3 aromatic carbocycles. The van der Waals surface area contributed by atoms with Crippen LogP contribution in [0.4, 0.5) is 17.1 Å². The molecule has 1 heterocycles. The van der Waals surface area contributed by atoms with E-state index >= 15 is 0 Å². The third kappa shape index (κ3) is 25.9. The largest absolute Gasteiger partial charge is 0.652 e. The quantitative estimate of drug-likeness (QED) is 0.111. The number of hydrogen-bond donors (Lipinski definition) is 0. The Labute approximate surface area is 360 Å². The van der Waals surface area contributed by atoms with Crippen molar-refractivity contribution in [1.29, 1.82) is 0 Å². The van der Waals surface area contributed by atoms with E-state index in [1.165, 1.54) is 12.8 Å². The molecule has 1 fully saturated rings. The summed E-state index contributed by atoms with van der Waals surface area (Å²) < 4.78 is 4.94. The molecule has 295 valence electrons. The second kappa shape index (κ2) is 33.1. The SMILES string of the molecule is C1CCOC1.CC(C)[PH+](C[N-]c1ccccc1)C(C)C.CC(C)[PH+](C[N-]c1ccccc1)C(C)C.CC(C)[PH+](C[N-]c1ccccc1)C(C)C.[Ni].[Y]. The molecule has 0 unspecified atom stereocenters. The maximum Gasteiger partial charge on any atom is 0.0607 e. The van der Waals surface area contributed by atoms with E-state index in [-0.39, 0.29) is 73.0 Å².